The first-order chi connectivity index (χ1) is 8.02. The summed E-state index contributed by atoms with van der Waals surface area (Å²) in [5.74, 6) is -0.187. The molecule has 0 fully saturated rings. The smallest absolute Gasteiger partial charge is 0.237 e. The number of nitrogens with two attached hydrogens (primary N) is 1. The van der Waals surface area contributed by atoms with Crippen LogP contribution < -0.4 is 11.1 Å². The highest BCUT2D eigenvalue weighted by molar-refractivity contribution is 7.86. The quantitative estimate of drug-likeness (QED) is 0.786. The number of hydrogen-bond donors (Lipinski definition) is 2. The van der Waals surface area contributed by atoms with Crippen molar-refractivity contribution in [1.82, 2.24) is 0 Å². The van der Waals surface area contributed by atoms with Gasteiger partial charge in [0.2, 0.25) is 5.91 Å². The first-order valence-corrected chi connectivity index (χ1v) is 6.93. The second kappa shape index (κ2) is 6.39. The van der Waals surface area contributed by atoms with E-state index >= 15 is 0 Å². The number of benzene rings is 1. The zero-order valence-electron chi connectivity index (χ0n) is 10.1. The van der Waals surface area contributed by atoms with Crippen LogP contribution in [0.25, 0.3) is 0 Å². The zero-order chi connectivity index (χ0) is 12.8. The third kappa shape index (κ3) is 4.56. The van der Waals surface area contributed by atoms with Crippen molar-refractivity contribution in [3.05, 3.63) is 24.3 Å². The molecule has 0 saturated heterocycles. The molecule has 0 radical (unpaired) electrons. The molecule has 0 bridgehead atoms. The van der Waals surface area contributed by atoms with Gasteiger partial charge in [-0.2, -0.15) is 0 Å². The monoisotopic (exact) mass is 254 g/mol. The summed E-state index contributed by atoms with van der Waals surface area (Å²) in [5, 5.41) is 2.74. The summed E-state index contributed by atoms with van der Waals surface area (Å²) in [7, 11) is -1.11. The second-order valence-electron chi connectivity index (χ2n) is 3.91. The summed E-state index contributed by atoms with van der Waals surface area (Å²) >= 11 is 0. The molecule has 0 aliphatic heterocycles. The molecule has 0 aliphatic carbocycles. The van der Waals surface area contributed by atoms with Crippen LogP contribution in [0.2, 0.25) is 0 Å². The molecule has 0 aromatic heterocycles. The number of carbonyl (C=O) groups excluding carboxylic acids is 1. The third-order valence-electron chi connectivity index (χ3n) is 2.49. The van der Waals surface area contributed by atoms with Gasteiger partial charge in [-0.3, -0.25) is 9.00 Å². The van der Waals surface area contributed by atoms with Gasteiger partial charge in [0.15, 0.2) is 0 Å². The van der Waals surface area contributed by atoms with Crippen molar-refractivity contribution >= 4 is 28.1 Å². The van der Waals surface area contributed by atoms with Gasteiger partial charge in [0.1, 0.15) is 5.75 Å². The SMILES string of the molecule is CCC(C)S(=O)CC(=O)Nc1ccc(N)cc1. The van der Waals surface area contributed by atoms with Gasteiger partial charge in [-0.25, -0.2) is 0 Å². The molecule has 94 valence electrons. The van der Waals surface area contributed by atoms with Gasteiger partial charge in [-0.15, -0.1) is 0 Å². The van der Waals surface area contributed by atoms with E-state index in [0.717, 1.165) is 6.42 Å². The van der Waals surface area contributed by atoms with Crippen molar-refractivity contribution in [2.24, 2.45) is 0 Å². The number of anilines is 2. The van der Waals surface area contributed by atoms with Crippen molar-refractivity contribution < 1.29 is 9.00 Å². The van der Waals surface area contributed by atoms with Crippen LogP contribution in [0.15, 0.2) is 24.3 Å². The fourth-order valence-electron chi connectivity index (χ4n) is 1.22. The Morgan fingerprint density at radius 1 is 1.41 bits per heavy atom. The van der Waals surface area contributed by atoms with E-state index in [2.05, 4.69) is 5.32 Å². The Kier molecular flexibility index (Phi) is 5.15. The Labute approximate surface area is 104 Å². The van der Waals surface area contributed by atoms with Gasteiger partial charge in [-0.1, -0.05) is 13.8 Å². The van der Waals surface area contributed by atoms with E-state index in [9.17, 15) is 9.00 Å². The molecule has 1 amide bonds. The van der Waals surface area contributed by atoms with Crippen molar-refractivity contribution in [2.45, 2.75) is 25.5 Å². The zero-order valence-corrected chi connectivity index (χ0v) is 10.9. The van der Waals surface area contributed by atoms with Crippen LogP contribution in [0.4, 0.5) is 11.4 Å². The molecule has 3 N–H and O–H groups in total. The average molecular weight is 254 g/mol. The molecular formula is C12H18N2O2S. The largest absolute Gasteiger partial charge is 0.399 e. The number of carbonyl (C=O) groups is 1. The summed E-state index contributed by atoms with van der Waals surface area (Å²) in [5.41, 5.74) is 6.85. The predicted molar refractivity (Wildman–Crippen MR) is 72.2 cm³/mol. The van der Waals surface area contributed by atoms with E-state index in [4.69, 9.17) is 5.73 Å². The van der Waals surface area contributed by atoms with E-state index in [1.54, 1.807) is 24.3 Å². The molecule has 0 heterocycles. The molecule has 0 saturated carbocycles. The Bertz CT molecular complexity index is 403. The Balaban J connectivity index is 2.50. The second-order valence-corrected chi connectivity index (χ2v) is 5.77. The van der Waals surface area contributed by atoms with Crippen LogP contribution >= 0.6 is 0 Å². The molecule has 5 heteroatoms. The first-order valence-electron chi connectivity index (χ1n) is 5.55. The van der Waals surface area contributed by atoms with Crippen molar-refractivity contribution in [3.8, 4) is 0 Å². The van der Waals surface area contributed by atoms with Crippen LogP contribution in [-0.2, 0) is 15.6 Å². The fourth-order valence-corrected chi connectivity index (χ4v) is 2.21. The van der Waals surface area contributed by atoms with Gasteiger partial charge >= 0.3 is 0 Å². The molecule has 2 unspecified atom stereocenters. The lowest BCUT2D eigenvalue weighted by Crippen LogP contribution is -2.24. The standard InChI is InChI=1S/C12H18N2O2S/c1-3-9(2)17(16)8-12(15)14-11-6-4-10(13)5-7-11/h4-7,9H,3,8,13H2,1-2H3,(H,14,15). The van der Waals surface area contributed by atoms with Gasteiger partial charge in [0.05, 0.1) is 0 Å². The van der Waals surface area contributed by atoms with E-state index in [1.807, 2.05) is 13.8 Å². The third-order valence-corrected chi connectivity index (χ3v) is 4.27. The average Bonchev–Trinajstić information content (AvgIpc) is 2.30. The summed E-state index contributed by atoms with van der Waals surface area (Å²) in [6, 6.07) is 6.86. The van der Waals surface area contributed by atoms with Crippen molar-refractivity contribution in [2.75, 3.05) is 16.8 Å². The lowest BCUT2D eigenvalue weighted by atomic mass is 10.3. The van der Waals surface area contributed by atoms with Gasteiger partial charge in [0.25, 0.3) is 0 Å². The molecule has 4 nitrogen and oxygen atoms in total. The maximum atomic E-state index is 11.7. The van der Waals surface area contributed by atoms with Crippen LogP contribution in [-0.4, -0.2) is 21.1 Å². The number of amides is 1. The van der Waals surface area contributed by atoms with E-state index in [1.165, 1.54) is 0 Å². The lowest BCUT2D eigenvalue weighted by Gasteiger charge is -2.09. The summed E-state index contributed by atoms with van der Waals surface area (Å²) in [6.07, 6.45) is 0.807. The highest BCUT2D eigenvalue weighted by Crippen LogP contribution is 2.10. The van der Waals surface area contributed by atoms with Crippen molar-refractivity contribution in [3.63, 3.8) is 0 Å². The summed E-state index contributed by atoms with van der Waals surface area (Å²) in [4.78, 5) is 11.6. The van der Waals surface area contributed by atoms with Crippen LogP contribution in [0.5, 0.6) is 0 Å². The summed E-state index contributed by atoms with van der Waals surface area (Å²) < 4.78 is 11.7. The summed E-state index contributed by atoms with van der Waals surface area (Å²) in [6.45, 7) is 3.84. The highest BCUT2D eigenvalue weighted by Gasteiger charge is 2.13. The van der Waals surface area contributed by atoms with E-state index < -0.39 is 10.8 Å². The molecular weight excluding hydrogens is 236 g/mol. The fraction of sp³-hybridized carbons (Fsp3) is 0.417. The highest BCUT2D eigenvalue weighted by atomic mass is 32.2. The van der Waals surface area contributed by atoms with Gasteiger partial charge in [0, 0.05) is 27.4 Å². The van der Waals surface area contributed by atoms with E-state index in [-0.39, 0.29) is 16.9 Å². The lowest BCUT2D eigenvalue weighted by molar-refractivity contribution is -0.113. The van der Waals surface area contributed by atoms with Crippen LogP contribution in [0.1, 0.15) is 20.3 Å². The topological polar surface area (TPSA) is 72.2 Å². The van der Waals surface area contributed by atoms with Crippen LogP contribution in [0.3, 0.4) is 0 Å². The van der Waals surface area contributed by atoms with E-state index in [0.29, 0.717) is 11.4 Å². The van der Waals surface area contributed by atoms with Crippen LogP contribution in [0, 0.1) is 0 Å². The number of nitrogen functional groups attached to an aromatic ring is 1. The molecule has 0 spiro atoms. The Morgan fingerprint density at radius 3 is 2.53 bits per heavy atom. The van der Waals surface area contributed by atoms with Crippen molar-refractivity contribution in [1.29, 1.82) is 0 Å². The number of rotatable bonds is 5. The minimum atomic E-state index is -1.11. The molecule has 17 heavy (non-hydrogen) atoms. The molecule has 2 atom stereocenters. The van der Waals surface area contributed by atoms with Gasteiger partial charge < -0.3 is 11.1 Å². The maximum absolute atomic E-state index is 11.7. The minimum absolute atomic E-state index is 0.0411. The molecule has 1 aromatic carbocycles. The Morgan fingerprint density at radius 2 is 2.00 bits per heavy atom. The predicted octanol–water partition coefficient (Wildman–Crippen LogP) is 1.75. The molecule has 1 aromatic rings. The maximum Gasteiger partial charge on any atom is 0.237 e. The number of nitrogens with one attached hydrogen (secondary N) is 1. The normalized spacial score (nSPS) is 14.0. The Hall–Kier alpha value is -1.36. The molecule has 1 rings (SSSR count). The first kappa shape index (κ1) is 13.7. The minimum Gasteiger partial charge on any atom is -0.399 e. The molecule has 0 aliphatic rings. The van der Waals surface area contributed by atoms with Gasteiger partial charge in [-0.05, 0) is 30.7 Å². The number of hydrogen-bond acceptors (Lipinski definition) is 3.